The number of ether oxygens (including phenoxy) is 2. The average molecular weight is 403 g/mol. The summed E-state index contributed by atoms with van der Waals surface area (Å²) in [4.78, 5) is 24.6. The molecule has 1 aromatic carbocycles. The molecule has 0 spiro atoms. The van der Waals surface area contributed by atoms with E-state index in [-0.39, 0.29) is 34.6 Å². The standard InChI is InChI=1S/C16H16Cl2N2O4S/c1-3-23-16(22)12-9(13(15(21)20-2)25-14(12)19)7-24-11-5-4-8(17)6-10(11)18/h4-6H,3,7,19H2,1-2H3,(H,20,21). The molecule has 25 heavy (non-hydrogen) atoms. The van der Waals surface area contributed by atoms with Gasteiger partial charge in [0.05, 0.1) is 11.6 Å². The van der Waals surface area contributed by atoms with Crippen molar-refractivity contribution >= 4 is 51.4 Å². The molecule has 2 rings (SSSR count). The highest BCUT2D eigenvalue weighted by atomic mass is 35.5. The topological polar surface area (TPSA) is 90.7 Å². The van der Waals surface area contributed by atoms with E-state index in [2.05, 4.69) is 5.32 Å². The monoisotopic (exact) mass is 402 g/mol. The van der Waals surface area contributed by atoms with Crippen molar-refractivity contribution in [3.63, 3.8) is 0 Å². The lowest BCUT2D eigenvalue weighted by molar-refractivity contribution is 0.0525. The zero-order valence-electron chi connectivity index (χ0n) is 13.5. The minimum Gasteiger partial charge on any atom is -0.487 e. The number of thiophene rings is 1. The van der Waals surface area contributed by atoms with Gasteiger partial charge >= 0.3 is 5.97 Å². The van der Waals surface area contributed by atoms with Gasteiger partial charge < -0.3 is 20.5 Å². The number of amides is 1. The Morgan fingerprint density at radius 1 is 1.32 bits per heavy atom. The van der Waals surface area contributed by atoms with Crippen LogP contribution in [0.25, 0.3) is 0 Å². The van der Waals surface area contributed by atoms with Crippen molar-refractivity contribution in [3.8, 4) is 5.75 Å². The first-order valence-corrected chi connectivity index (χ1v) is 8.84. The Morgan fingerprint density at radius 3 is 2.64 bits per heavy atom. The summed E-state index contributed by atoms with van der Waals surface area (Å²) >= 11 is 12.9. The summed E-state index contributed by atoms with van der Waals surface area (Å²) in [6.07, 6.45) is 0. The average Bonchev–Trinajstić information content (AvgIpc) is 2.90. The molecule has 0 atom stereocenters. The lowest BCUT2D eigenvalue weighted by Gasteiger charge is -2.11. The van der Waals surface area contributed by atoms with Gasteiger partial charge in [-0.25, -0.2) is 4.79 Å². The molecule has 0 radical (unpaired) electrons. The summed E-state index contributed by atoms with van der Waals surface area (Å²) in [5.41, 5.74) is 6.41. The van der Waals surface area contributed by atoms with Gasteiger partial charge in [-0.3, -0.25) is 4.79 Å². The molecule has 1 heterocycles. The molecule has 3 N–H and O–H groups in total. The largest absolute Gasteiger partial charge is 0.487 e. The SMILES string of the molecule is CCOC(=O)c1c(N)sc(C(=O)NC)c1COc1ccc(Cl)cc1Cl. The molecule has 134 valence electrons. The number of carbonyl (C=O) groups is 2. The third kappa shape index (κ3) is 4.36. The van der Waals surface area contributed by atoms with Gasteiger partial charge in [-0.05, 0) is 25.1 Å². The van der Waals surface area contributed by atoms with Crippen LogP contribution in [0.5, 0.6) is 5.75 Å². The molecule has 2 aromatic rings. The second kappa shape index (κ2) is 8.42. The van der Waals surface area contributed by atoms with E-state index in [1.165, 1.54) is 13.1 Å². The van der Waals surface area contributed by atoms with Crippen LogP contribution in [0.2, 0.25) is 10.0 Å². The van der Waals surface area contributed by atoms with Crippen molar-refractivity contribution in [2.24, 2.45) is 0 Å². The van der Waals surface area contributed by atoms with Crippen molar-refractivity contribution in [3.05, 3.63) is 44.2 Å². The molecule has 9 heteroatoms. The van der Waals surface area contributed by atoms with E-state index in [1.54, 1.807) is 19.1 Å². The molecule has 0 unspecified atom stereocenters. The predicted octanol–water partition coefficient (Wildman–Crippen LogP) is 3.75. The Hall–Kier alpha value is -1.96. The minimum absolute atomic E-state index is 0.0774. The van der Waals surface area contributed by atoms with E-state index < -0.39 is 5.97 Å². The molecular weight excluding hydrogens is 387 g/mol. The number of carbonyl (C=O) groups excluding carboxylic acids is 2. The van der Waals surface area contributed by atoms with Crippen LogP contribution in [0, 0.1) is 0 Å². The fraction of sp³-hybridized carbons (Fsp3) is 0.250. The molecule has 0 aliphatic heterocycles. The summed E-state index contributed by atoms with van der Waals surface area (Å²) in [7, 11) is 1.49. The van der Waals surface area contributed by atoms with E-state index in [4.69, 9.17) is 38.4 Å². The number of nitrogens with two attached hydrogens (primary N) is 1. The third-order valence-electron chi connectivity index (χ3n) is 3.21. The predicted molar refractivity (Wildman–Crippen MR) is 98.9 cm³/mol. The molecule has 1 amide bonds. The Morgan fingerprint density at radius 2 is 2.04 bits per heavy atom. The summed E-state index contributed by atoms with van der Waals surface area (Å²) in [6.45, 7) is 1.79. The molecule has 6 nitrogen and oxygen atoms in total. The summed E-state index contributed by atoms with van der Waals surface area (Å²) in [5, 5.41) is 3.49. The van der Waals surface area contributed by atoms with E-state index in [0.29, 0.717) is 21.4 Å². The normalized spacial score (nSPS) is 10.4. The van der Waals surface area contributed by atoms with Crippen molar-refractivity contribution in [1.82, 2.24) is 5.32 Å². The van der Waals surface area contributed by atoms with Crippen molar-refractivity contribution in [2.45, 2.75) is 13.5 Å². The van der Waals surface area contributed by atoms with Gasteiger partial charge in [0, 0.05) is 17.6 Å². The quantitative estimate of drug-likeness (QED) is 0.717. The van der Waals surface area contributed by atoms with Gasteiger partial charge in [-0.2, -0.15) is 0 Å². The first-order valence-electron chi connectivity index (χ1n) is 7.27. The van der Waals surface area contributed by atoms with Crippen LogP contribution in [0.4, 0.5) is 5.00 Å². The molecular formula is C16H16Cl2N2O4S. The van der Waals surface area contributed by atoms with Crippen LogP contribution in [-0.4, -0.2) is 25.5 Å². The minimum atomic E-state index is -0.604. The Labute approximate surface area is 158 Å². The number of anilines is 1. The summed E-state index contributed by atoms with van der Waals surface area (Å²) in [6, 6.07) is 4.76. The number of rotatable bonds is 6. The Balaban J connectivity index is 2.39. The maximum absolute atomic E-state index is 12.2. The molecule has 0 aliphatic rings. The molecule has 0 saturated carbocycles. The van der Waals surface area contributed by atoms with Crippen LogP contribution < -0.4 is 15.8 Å². The van der Waals surface area contributed by atoms with Gasteiger partial charge in [0.25, 0.3) is 5.91 Å². The van der Waals surface area contributed by atoms with E-state index >= 15 is 0 Å². The van der Waals surface area contributed by atoms with Gasteiger partial charge in [-0.1, -0.05) is 23.2 Å². The van der Waals surface area contributed by atoms with E-state index in [0.717, 1.165) is 11.3 Å². The lowest BCUT2D eigenvalue weighted by Crippen LogP contribution is -2.19. The van der Waals surface area contributed by atoms with Gasteiger partial charge in [0.2, 0.25) is 0 Å². The van der Waals surface area contributed by atoms with Gasteiger partial charge in [-0.15, -0.1) is 11.3 Å². The summed E-state index contributed by atoms with van der Waals surface area (Å²) < 4.78 is 10.7. The first kappa shape index (κ1) is 19.4. The van der Waals surface area contributed by atoms with Crippen molar-refractivity contribution in [2.75, 3.05) is 19.4 Å². The Kier molecular flexibility index (Phi) is 6.52. The lowest BCUT2D eigenvalue weighted by atomic mass is 10.1. The van der Waals surface area contributed by atoms with Crippen molar-refractivity contribution < 1.29 is 19.1 Å². The van der Waals surface area contributed by atoms with Crippen molar-refractivity contribution in [1.29, 1.82) is 0 Å². The summed E-state index contributed by atoms with van der Waals surface area (Å²) in [5.74, 6) is -0.603. The number of nitrogens with one attached hydrogen (secondary N) is 1. The van der Waals surface area contributed by atoms with Crippen LogP contribution >= 0.6 is 34.5 Å². The maximum Gasteiger partial charge on any atom is 0.341 e. The molecule has 0 fully saturated rings. The van der Waals surface area contributed by atoms with Crippen LogP contribution in [0.1, 0.15) is 32.5 Å². The van der Waals surface area contributed by atoms with Crippen LogP contribution in [-0.2, 0) is 11.3 Å². The van der Waals surface area contributed by atoms with E-state index in [1.807, 2.05) is 0 Å². The third-order valence-corrected chi connectivity index (χ3v) is 4.80. The second-order valence-corrected chi connectivity index (χ2v) is 6.71. The highest BCUT2D eigenvalue weighted by Gasteiger charge is 2.27. The second-order valence-electron chi connectivity index (χ2n) is 4.81. The molecule has 0 bridgehead atoms. The maximum atomic E-state index is 12.2. The highest BCUT2D eigenvalue weighted by molar-refractivity contribution is 7.18. The zero-order valence-corrected chi connectivity index (χ0v) is 15.8. The molecule has 0 saturated heterocycles. The van der Waals surface area contributed by atoms with Crippen LogP contribution in [0.15, 0.2) is 18.2 Å². The van der Waals surface area contributed by atoms with Gasteiger partial charge in [0.15, 0.2) is 0 Å². The number of nitrogen functional groups attached to an aromatic ring is 1. The fourth-order valence-corrected chi connectivity index (χ4v) is 3.56. The number of benzene rings is 1. The van der Waals surface area contributed by atoms with E-state index in [9.17, 15) is 9.59 Å². The van der Waals surface area contributed by atoms with Gasteiger partial charge in [0.1, 0.15) is 27.8 Å². The number of halogens is 2. The zero-order chi connectivity index (χ0) is 18.6. The number of hydrogen-bond donors (Lipinski definition) is 2. The number of hydrogen-bond acceptors (Lipinski definition) is 6. The molecule has 1 aromatic heterocycles. The smallest absolute Gasteiger partial charge is 0.341 e. The Bertz CT molecular complexity index is 808. The highest BCUT2D eigenvalue weighted by Crippen LogP contribution is 2.34. The fourth-order valence-electron chi connectivity index (χ4n) is 2.09. The molecule has 0 aliphatic carbocycles. The number of esters is 1. The van der Waals surface area contributed by atoms with Crippen LogP contribution in [0.3, 0.4) is 0 Å². The first-order chi connectivity index (χ1) is 11.9.